The average Bonchev–Trinajstić information content (AvgIpc) is 2.22. The van der Waals surface area contributed by atoms with Gasteiger partial charge in [-0.15, -0.1) is 0 Å². The van der Waals surface area contributed by atoms with Crippen LogP contribution in [0.1, 0.15) is 40.5 Å². The second kappa shape index (κ2) is 3.50. The van der Waals surface area contributed by atoms with Crippen molar-refractivity contribution >= 4 is 5.78 Å². The summed E-state index contributed by atoms with van der Waals surface area (Å²) in [6, 6.07) is 0. The minimum Gasteiger partial charge on any atom is -0.393 e. The Labute approximate surface area is 86.0 Å². The van der Waals surface area contributed by atoms with Gasteiger partial charge in [0, 0.05) is 5.41 Å². The normalized spacial score (nSPS) is 36.5. The van der Waals surface area contributed by atoms with Crippen LogP contribution in [-0.2, 0) is 4.79 Å². The molecule has 2 unspecified atom stereocenters. The highest BCUT2D eigenvalue weighted by Gasteiger charge is 2.52. The predicted octanol–water partition coefficient (Wildman–Crippen LogP) is 2.32. The van der Waals surface area contributed by atoms with E-state index in [0.29, 0.717) is 12.8 Å². The molecule has 2 nitrogen and oxygen atoms in total. The van der Waals surface area contributed by atoms with Crippen molar-refractivity contribution in [1.82, 2.24) is 0 Å². The van der Waals surface area contributed by atoms with Gasteiger partial charge in [0.2, 0.25) is 0 Å². The van der Waals surface area contributed by atoms with Crippen LogP contribution in [0.4, 0.5) is 0 Å². The summed E-state index contributed by atoms with van der Waals surface area (Å²) in [5.41, 5.74) is -0.512. The number of aliphatic hydroxyl groups excluding tert-OH is 1. The first kappa shape index (κ1) is 11.4. The molecular formula is C12H20O2. The maximum Gasteiger partial charge on any atom is 0.161 e. The lowest BCUT2D eigenvalue weighted by Gasteiger charge is -2.35. The van der Waals surface area contributed by atoms with E-state index in [4.69, 9.17) is 0 Å². The molecule has 0 aromatic carbocycles. The molecule has 0 aromatic heterocycles. The van der Waals surface area contributed by atoms with E-state index in [0.717, 1.165) is 0 Å². The van der Waals surface area contributed by atoms with Crippen molar-refractivity contribution < 1.29 is 9.90 Å². The summed E-state index contributed by atoms with van der Waals surface area (Å²) in [7, 11) is 0. The summed E-state index contributed by atoms with van der Waals surface area (Å²) in [5, 5.41) is 9.64. The van der Waals surface area contributed by atoms with Crippen LogP contribution in [0, 0.1) is 10.8 Å². The van der Waals surface area contributed by atoms with Gasteiger partial charge >= 0.3 is 0 Å². The Morgan fingerprint density at radius 2 is 1.93 bits per heavy atom. The summed E-state index contributed by atoms with van der Waals surface area (Å²) >= 11 is 0. The third kappa shape index (κ3) is 1.63. The molecule has 0 bridgehead atoms. The van der Waals surface area contributed by atoms with E-state index in [1.54, 1.807) is 12.2 Å². The molecule has 0 aromatic rings. The number of carbonyl (C=O) groups excluding carboxylic acids is 1. The summed E-state index contributed by atoms with van der Waals surface area (Å²) in [6.07, 6.45) is 4.37. The molecule has 0 aliphatic heterocycles. The van der Waals surface area contributed by atoms with E-state index >= 15 is 0 Å². The van der Waals surface area contributed by atoms with E-state index in [-0.39, 0.29) is 17.3 Å². The van der Waals surface area contributed by atoms with E-state index in [1.807, 2.05) is 13.8 Å². The second-order valence-electron chi connectivity index (χ2n) is 5.14. The van der Waals surface area contributed by atoms with E-state index < -0.39 is 5.41 Å². The van der Waals surface area contributed by atoms with Crippen LogP contribution in [0.15, 0.2) is 12.2 Å². The van der Waals surface area contributed by atoms with Crippen molar-refractivity contribution in [2.75, 3.05) is 0 Å². The van der Waals surface area contributed by atoms with E-state index in [9.17, 15) is 9.90 Å². The standard InChI is InChI=1S/C12H20O2/c1-5-6-10(14)12(4)8-9(13)7-11(12,2)3/h5-6,9,13H,7-8H2,1-4H3/b6-5+. The predicted molar refractivity (Wildman–Crippen MR) is 56.9 cm³/mol. The maximum atomic E-state index is 11.9. The molecule has 14 heavy (non-hydrogen) atoms. The van der Waals surface area contributed by atoms with Crippen molar-refractivity contribution in [3.63, 3.8) is 0 Å². The monoisotopic (exact) mass is 196 g/mol. The first-order valence-corrected chi connectivity index (χ1v) is 5.19. The van der Waals surface area contributed by atoms with Crippen LogP contribution in [0.3, 0.4) is 0 Å². The molecule has 0 saturated heterocycles. The van der Waals surface area contributed by atoms with Gasteiger partial charge < -0.3 is 5.11 Å². The lowest BCUT2D eigenvalue weighted by atomic mass is 9.67. The molecule has 2 atom stereocenters. The zero-order valence-electron chi connectivity index (χ0n) is 9.50. The summed E-state index contributed by atoms with van der Waals surface area (Å²) in [4.78, 5) is 11.9. The third-order valence-corrected chi connectivity index (χ3v) is 3.75. The summed E-state index contributed by atoms with van der Waals surface area (Å²) < 4.78 is 0. The van der Waals surface area contributed by atoms with Crippen LogP contribution >= 0.6 is 0 Å². The van der Waals surface area contributed by atoms with Gasteiger partial charge in [0.1, 0.15) is 0 Å². The summed E-state index contributed by atoms with van der Waals surface area (Å²) in [5.74, 6) is 0.140. The van der Waals surface area contributed by atoms with Gasteiger partial charge in [-0.1, -0.05) is 26.8 Å². The highest BCUT2D eigenvalue weighted by atomic mass is 16.3. The summed E-state index contributed by atoms with van der Waals surface area (Å²) in [6.45, 7) is 7.93. The Balaban J connectivity index is 2.98. The highest BCUT2D eigenvalue weighted by molar-refractivity contribution is 5.95. The number of hydrogen-bond donors (Lipinski definition) is 1. The van der Waals surface area contributed by atoms with Crippen molar-refractivity contribution in [1.29, 1.82) is 0 Å². The Kier molecular flexibility index (Phi) is 2.86. The van der Waals surface area contributed by atoms with E-state index in [2.05, 4.69) is 13.8 Å². The Hall–Kier alpha value is -0.630. The van der Waals surface area contributed by atoms with Crippen LogP contribution in [0.25, 0.3) is 0 Å². The number of carbonyl (C=O) groups is 1. The maximum absolute atomic E-state index is 11.9. The van der Waals surface area contributed by atoms with Gasteiger partial charge in [-0.3, -0.25) is 4.79 Å². The zero-order valence-corrected chi connectivity index (χ0v) is 9.50. The lowest BCUT2D eigenvalue weighted by Crippen LogP contribution is -2.36. The number of ketones is 1. The molecule has 0 radical (unpaired) electrons. The van der Waals surface area contributed by atoms with Gasteiger partial charge in [0.25, 0.3) is 0 Å². The molecule has 1 saturated carbocycles. The number of rotatable bonds is 2. The molecule has 0 spiro atoms. The minimum atomic E-state index is -0.404. The van der Waals surface area contributed by atoms with Crippen LogP contribution in [0.2, 0.25) is 0 Å². The lowest BCUT2D eigenvalue weighted by molar-refractivity contribution is -0.127. The van der Waals surface area contributed by atoms with Crippen molar-refractivity contribution in [3.05, 3.63) is 12.2 Å². The first-order chi connectivity index (χ1) is 6.33. The fraction of sp³-hybridized carbons (Fsp3) is 0.750. The number of allylic oxidation sites excluding steroid dienone is 2. The Bertz CT molecular complexity index is 265. The van der Waals surface area contributed by atoms with Gasteiger partial charge in [0.15, 0.2) is 5.78 Å². The smallest absolute Gasteiger partial charge is 0.161 e. The SMILES string of the molecule is C/C=C/C(=O)C1(C)CC(O)CC1(C)C. The molecule has 1 aliphatic carbocycles. The van der Waals surface area contributed by atoms with E-state index in [1.165, 1.54) is 0 Å². The van der Waals surface area contributed by atoms with Crippen LogP contribution in [0.5, 0.6) is 0 Å². The van der Waals surface area contributed by atoms with Crippen molar-refractivity contribution in [3.8, 4) is 0 Å². The van der Waals surface area contributed by atoms with Crippen molar-refractivity contribution in [2.24, 2.45) is 10.8 Å². The molecule has 2 heteroatoms. The second-order valence-corrected chi connectivity index (χ2v) is 5.14. The van der Waals surface area contributed by atoms with Gasteiger partial charge in [-0.2, -0.15) is 0 Å². The highest BCUT2D eigenvalue weighted by Crippen LogP contribution is 2.53. The third-order valence-electron chi connectivity index (χ3n) is 3.75. The first-order valence-electron chi connectivity index (χ1n) is 5.19. The largest absolute Gasteiger partial charge is 0.393 e. The van der Waals surface area contributed by atoms with Gasteiger partial charge in [-0.25, -0.2) is 0 Å². The minimum absolute atomic E-state index is 0.108. The van der Waals surface area contributed by atoms with Gasteiger partial charge in [-0.05, 0) is 31.3 Å². The molecule has 1 N–H and O–H groups in total. The molecule has 0 amide bonds. The quantitative estimate of drug-likeness (QED) is 0.688. The molecule has 1 fully saturated rings. The van der Waals surface area contributed by atoms with Crippen LogP contribution < -0.4 is 0 Å². The number of hydrogen-bond acceptors (Lipinski definition) is 2. The molecule has 1 rings (SSSR count). The fourth-order valence-electron chi connectivity index (χ4n) is 2.40. The molecule has 80 valence electrons. The molecule has 1 aliphatic rings. The zero-order chi connectivity index (χ0) is 11.0. The average molecular weight is 196 g/mol. The topological polar surface area (TPSA) is 37.3 Å². The molecular weight excluding hydrogens is 176 g/mol. The van der Waals surface area contributed by atoms with Gasteiger partial charge in [0.05, 0.1) is 6.10 Å². The fourth-order valence-corrected chi connectivity index (χ4v) is 2.40. The number of aliphatic hydroxyl groups is 1. The Morgan fingerprint density at radius 3 is 2.29 bits per heavy atom. The molecule has 0 heterocycles. The Morgan fingerprint density at radius 1 is 1.36 bits per heavy atom. The van der Waals surface area contributed by atoms with Crippen molar-refractivity contribution in [2.45, 2.75) is 46.6 Å². The van der Waals surface area contributed by atoms with Crippen LogP contribution in [-0.4, -0.2) is 17.0 Å².